The molecule has 70 valence electrons. The summed E-state index contributed by atoms with van der Waals surface area (Å²) in [5.74, 6) is -0.667. The molecule has 1 fully saturated rings. The van der Waals surface area contributed by atoms with E-state index in [2.05, 4.69) is 0 Å². The molecular formula is C9H17NO2. The molecule has 12 heavy (non-hydrogen) atoms. The van der Waals surface area contributed by atoms with Gasteiger partial charge in [-0.2, -0.15) is 0 Å². The maximum absolute atomic E-state index is 10.8. The summed E-state index contributed by atoms with van der Waals surface area (Å²) >= 11 is 0. The third-order valence-corrected chi connectivity index (χ3v) is 2.56. The standard InChI is InChI=1S/C9H17NO2/c1-10-7-5-3-2-4-6-8(10)9(11)12/h8H,2-7H2,1H3,(H,11,12). The van der Waals surface area contributed by atoms with Crippen molar-refractivity contribution in [3.8, 4) is 0 Å². The van der Waals surface area contributed by atoms with Crippen molar-refractivity contribution in [3.63, 3.8) is 0 Å². The Balaban J connectivity index is 2.48. The highest BCUT2D eigenvalue weighted by Gasteiger charge is 2.22. The summed E-state index contributed by atoms with van der Waals surface area (Å²) in [6.07, 6.45) is 5.45. The van der Waals surface area contributed by atoms with Crippen LogP contribution < -0.4 is 0 Å². The summed E-state index contributed by atoms with van der Waals surface area (Å²) in [5.41, 5.74) is 0. The second-order valence-electron chi connectivity index (χ2n) is 3.54. The highest BCUT2D eigenvalue weighted by Crippen LogP contribution is 2.14. The van der Waals surface area contributed by atoms with Crippen LogP contribution in [0.15, 0.2) is 0 Å². The zero-order valence-corrected chi connectivity index (χ0v) is 7.62. The minimum Gasteiger partial charge on any atom is -0.480 e. The lowest BCUT2D eigenvalue weighted by Gasteiger charge is -2.26. The number of hydrogen-bond donors (Lipinski definition) is 1. The molecule has 1 heterocycles. The van der Waals surface area contributed by atoms with Crippen LogP contribution in [0.4, 0.5) is 0 Å². The van der Waals surface area contributed by atoms with Gasteiger partial charge in [-0.25, -0.2) is 0 Å². The molecule has 0 aromatic carbocycles. The molecule has 3 heteroatoms. The van der Waals surface area contributed by atoms with Crippen molar-refractivity contribution in [2.45, 2.75) is 38.1 Å². The number of likely N-dealkylation sites (N-methyl/N-ethyl adjacent to an activating group) is 1. The Morgan fingerprint density at radius 1 is 1.33 bits per heavy atom. The van der Waals surface area contributed by atoms with E-state index >= 15 is 0 Å². The van der Waals surface area contributed by atoms with Crippen molar-refractivity contribution < 1.29 is 9.90 Å². The molecule has 1 aliphatic heterocycles. The molecule has 0 aromatic rings. The van der Waals surface area contributed by atoms with Crippen LogP contribution in [0.5, 0.6) is 0 Å². The minimum atomic E-state index is -0.667. The average Bonchev–Trinajstić information content (AvgIpc) is 1.96. The molecule has 0 bridgehead atoms. The number of carboxylic acids is 1. The Morgan fingerprint density at radius 2 is 2.00 bits per heavy atom. The van der Waals surface area contributed by atoms with Crippen LogP contribution in [0.2, 0.25) is 0 Å². The smallest absolute Gasteiger partial charge is 0.320 e. The molecule has 0 radical (unpaired) electrons. The number of nitrogens with zero attached hydrogens (tertiary/aromatic N) is 1. The van der Waals surface area contributed by atoms with Gasteiger partial charge in [-0.05, 0) is 26.4 Å². The van der Waals surface area contributed by atoms with Gasteiger partial charge in [0.2, 0.25) is 0 Å². The Morgan fingerprint density at radius 3 is 2.67 bits per heavy atom. The molecule has 1 saturated heterocycles. The van der Waals surface area contributed by atoms with E-state index in [1.54, 1.807) is 0 Å². The van der Waals surface area contributed by atoms with Crippen molar-refractivity contribution in [2.24, 2.45) is 0 Å². The first-order chi connectivity index (χ1) is 5.72. The quantitative estimate of drug-likeness (QED) is 0.647. The molecule has 0 spiro atoms. The third kappa shape index (κ3) is 2.48. The Hall–Kier alpha value is -0.570. The fourth-order valence-corrected chi connectivity index (χ4v) is 1.74. The van der Waals surface area contributed by atoms with E-state index in [0.717, 1.165) is 25.8 Å². The highest BCUT2D eigenvalue weighted by molar-refractivity contribution is 5.73. The monoisotopic (exact) mass is 171 g/mol. The number of rotatable bonds is 1. The first-order valence-electron chi connectivity index (χ1n) is 4.65. The lowest BCUT2D eigenvalue weighted by Crippen LogP contribution is -2.39. The topological polar surface area (TPSA) is 40.5 Å². The molecule has 1 unspecified atom stereocenters. The van der Waals surface area contributed by atoms with E-state index < -0.39 is 5.97 Å². The van der Waals surface area contributed by atoms with Gasteiger partial charge in [0.1, 0.15) is 6.04 Å². The molecule has 1 rings (SSSR count). The molecule has 1 N–H and O–H groups in total. The molecule has 1 aliphatic rings. The van der Waals surface area contributed by atoms with E-state index in [0.29, 0.717) is 0 Å². The second-order valence-corrected chi connectivity index (χ2v) is 3.54. The summed E-state index contributed by atoms with van der Waals surface area (Å²) in [5, 5.41) is 8.88. The normalized spacial score (nSPS) is 27.6. The van der Waals surface area contributed by atoms with E-state index in [9.17, 15) is 4.79 Å². The van der Waals surface area contributed by atoms with Gasteiger partial charge in [-0.15, -0.1) is 0 Å². The Bertz CT molecular complexity index is 159. The van der Waals surface area contributed by atoms with Gasteiger partial charge in [0.25, 0.3) is 0 Å². The predicted octanol–water partition coefficient (Wildman–Crippen LogP) is 1.34. The van der Waals surface area contributed by atoms with Crippen LogP contribution >= 0.6 is 0 Å². The van der Waals surface area contributed by atoms with Gasteiger partial charge in [-0.1, -0.05) is 19.3 Å². The van der Waals surface area contributed by atoms with Gasteiger partial charge < -0.3 is 5.11 Å². The lowest BCUT2D eigenvalue weighted by molar-refractivity contribution is -0.143. The maximum atomic E-state index is 10.8. The van der Waals surface area contributed by atoms with Crippen molar-refractivity contribution in [2.75, 3.05) is 13.6 Å². The van der Waals surface area contributed by atoms with Crippen molar-refractivity contribution in [1.29, 1.82) is 0 Å². The van der Waals surface area contributed by atoms with Gasteiger partial charge in [0.15, 0.2) is 0 Å². The number of aliphatic carboxylic acids is 1. The Labute approximate surface area is 73.4 Å². The number of carboxylic acid groups (broad SMARTS) is 1. The van der Waals surface area contributed by atoms with Crippen LogP contribution in [-0.4, -0.2) is 35.6 Å². The fourth-order valence-electron chi connectivity index (χ4n) is 1.74. The molecular weight excluding hydrogens is 154 g/mol. The molecule has 0 saturated carbocycles. The summed E-state index contributed by atoms with van der Waals surface area (Å²) in [4.78, 5) is 12.7. The second kappa shape index (κ2) is 4.45. The molecule has 0 aromatic heterocycles. The molecule has 3 nitrogen and oxygen atoms in total. The van der Waals surface area contributed by atoms with Crippen molar-refractivity contribution in [3.05, 3.63) is 0 Å². The molecule has 0 aliphatic carbocycles. The summed E-state index contributed by atoms with van der Waals surface area (Å²) in [6.45, 7) is 0.928. The van der Waals surface area contributed by atoms with Crippen LogP contribution in [0.1, 0.15) is 32.1 Å². The van der Waals surface area contributed by atoms with Crippen LogP contribution in [0.25, 0.3) is 0 Å². The predicted molar refractivity (Wildman–Crippen MR) is 47.1 cm³/mol. The summed E-state index contributed by atoms with van der Waals surface area (Å²) < 4.78 is 0. The van der Waals surface area contributed by atoms with Crippen molar-refractivity contribution in [1.82, 2.24) is 4.90 Å². The van der Waals surface area contributed by atoms with Crippen LogP contribution in [0.3, 0.4) is 0 Å². The fraction of sp³-hybridized carbons (Fsp3) is 0.889. The minimum absolute atomic E-state index is 0.245. The first kappa shape index (κ1) is 9.52. The maximum Gasteiger partial charge on any atom is 0.320 e. The summed E-state index contributed by atoms with van der Waals surface area (Å²) in [7, 11) is 1.91. The third-order valence-electron chi connectivity index (χ3n) is 2.56. The van der Waals surface area contributed by atoms with Gasteiger partial charge in [0, 0.05) is 0 Å². The number of carbonyl (C=O) groups is 1. The zero-order chi connectivity index (χ0) is 8.97. The van der Waals surface area contributed by atoms with Gasteiger partial charge in [0.05, 0.1) is 0 Å². The number of hydrogen-bond acceptors (Lipinski definition) is 2. The van der Waals surface area contributed by atoms with Gasteiger partial charge in [-0.3, -0.25) is 9.69 Å². The van der Waals surface area contributed by atoms with Crippen LogP contribution in [0, 0.1) is 0 Å². The van der Waals surface area contributed by atoms with Crippen LogP contribution in [-0.2, 0) is 4.79 Å². The average molecular weight is 171 g/mol. The Kier molecular flexibility index (Phi) is 3.53. The largest absolute Gasteiger partial charge is 0.480 e. The van der Waals surface area contributed by atoms with E-state index in [1.807, 2.05) is 11.9 Å². The van der Waals surface area contributed by atoms with Crippen molar-refractivity contribution >= 4 is 5.97 Å². The first-order valence-corrected chi connectivity index (χ1v) is 4.65. The number of likely N-dealkylation sites (tertiary alicyclic amines) is 1. The van der Waals surface area contributed by atoms with E-state index in [1.165, 1.54) is 12.8 Å². The lowest BCUT2D eigenvalue weighted by atomic mass is 10.0. The zero-order valence-electron chi connectivity index (χ0n) is 7.62. The summed E-state index contributed by atoms with van der Waals surface area (Å²) in [6, 6.07) is -0.245. The molecule has 0 amide bonds. The van der Waals surface area contributed by atoms with Gasteiger partial charge >= 0.3 is 5.97 Å². The highest BCUT2D eigenvalue weighted by atomic mass is 16.4. The molecule has 1 atom stereocenters. The van der Waals surface area contributed by atoms with E-state index in [4.69, 9.17) is 5.11 Å². The SMILES string of the molecule is CN1CCCCCCC1C(=O)O. The van der Waals surface area contributed by atoms with E-state index in [-0.39, 0.29) is 6.04 Å².